The second-order valence-electron chi connectivity index (χ2n) is 5.98. The summed E-state index contributed by atoms with van der Waals surface area (Å²) in [5.41, 5.74) is 6.41. The molecule has 0 spiro atoms. The Labute approximate surface area is 155 Å². The predicted molar refractivity (Wildman–Crippen MR) is 98.0 cm³/mol. The molecule has 0 bridgehead atoms. The van der Waals surface area contributed by atoms with Gasteiger partial charge in [0, 0.05) is 25.2 Å². The van der Waals surface area contributed by atoms with Crippen molar-refractivity contribution in [3.05, 3.63) is 35.9 Å². The number of hydrogen-bond donors (Lipinski definition) is 3. The molecule has 0 radical (unpaired) electrons. The highest BCUT2D eigenvalue weighted by Gasteiger charge is 2.29. The summed E-state index contributed by atoms with van der Waals surface area (Å²) in [5, 5.41) is 12.1. The number of carbonyl (C=O) groups is 2. The summed E-state index contributed by atoms with van der Waals surface area (Å²) in [6.45, 7) is 0.902. The average molecular weight is 373 g/mol. The third-order valence-corrected chi connectivity index (χ3v) is 4.29. The van der Waals surface area contributed by atoms with E-state index in [2.05, 4.69) is 5.32 Å². The summed E-state index contributed by atoms with van der Waals surface area (Å²) >= 11 is 0. The Morgan fingerprint density at radius 3 is 2.44 bits per heavy atom. The fraction of sp³-hybridized carbons (Fsp3) is 0.529. The number of ether oxygens (including phenoxy) is 1. The van der Waals surface area contributed by atoms with Crippen molar-refractivity contribution < 1.29 is 20.9 Å². The Kier molecular flexibility index (Phi) is 9.08. The van der Waals surface area contributed by atoms with Crippen molar-refractivity contribution in [1.82, 2.24) is 10.2 Å². The zero-order chi connectivity index (χ0) is 17.4. The van der Waals surface area contributed by atoms with E-state index in [1.807, 2.05) is 30.3 Å². The van der Waals surface area contributed by atoms with E-state index < -0.39 is 12.2 Å². The number of alkyl carbamates (subject to hydrolysis) is 1. The van der Waals surface area contributed by atoms with Gasteiger partial charge in [0.1, 0.15) is 6.61 Å². The van der Waals surface area contributed by atoms with E-state index in [9.17, 15) is 14.7 Å². The van der Waals surface area contributed by atoms with Crippen LogP contribution in [-0.2, 0) is 11.3 Å². The maximum absolute atomic E-state index is 11.9. The predicted octanol–water partition coefficient (Wildman–Crippen LogP) is 2.70. The number of nitrogens with two attached hydrogens (primary N) is 1. The largest absolute Gasteiger partial charge is 1.00 e. The van der Waals surface area contributed by atoms with Crippen LogP contribution in [0.15, 0.2) is 30.3 Å². The molecule has 1 fully saturated rings. The lowest BCUT2D eigenvalue weighted by molar-refractivity contribution is 0.103. The Bertz CT molecular complexity index is 542. The highest BCUT2D eigenvalue weighted by Crippen LogP contribution is 2.23. The van der Waals surface area contributed by atoms with Crippen LogP contribution < -0.4 is 11.1 Å². The van der Waals surface area contributed by atoms with Gasteiger partial charge in [0.25, 0.3) is 0 Å². The monoisotopic (exact) mass is 372 g/mol. The first-order valence-corrected chi connectivity index (χ1v) is 8.27. The van der Waals surface area contributed by atoms with Crippen LogP contribution in [0, 0.1) is 0 Å². The summed E-state index contributed by atoms with van der Waals surface area (Å²) in [4.78, 5) is 24.5. The van der Waals surface area contributed by atoms with Crippen molar-refractivity contribution in [2.24, 2.45) is 5.73 Å². The van der Waals surface area contributed by atoms with Gasteiger partial charge in [-0.05, 0) is 31.2 Å². The van der Waals surface area contributed by atoms with Gasteiger partial charge >= 0.3 is 13.6 Å². The van der Waals surface area contributed by atoms with E-state index >= 15 is 0 Å². The summed E-state index contributed by atoms with van der Waals surface area (Å²) in [7, 11) is 0. The lowest BCUT2D eigenvalue weighted by atomic mass is 9.90. The fourth-order valence-electron chi connectivity index (χ4n) is 3.04. The van der Waals surface area contributed by atoms with Crippen LogP contribution in [0.3, 0.4) is 0 Å². The minimum absolute atomic E-state index is 0. The maximum atomic E-state index is 11.9. The highest BCUT2D eigenvalue weighted by molar-refractivity contribution is 5.85. The van der Waals surface area contributed by atoms with Crippen LogP contribution >= 0.6 is 12.4 Å². The summed E-state index contributed by atoms with van der Waals surface area (Å²) in [5.74, 6) is 0. The number of nitrogens with zero attached hydrogens (tertiary/aromatic N) is 1. The number of amides is 2. The molecule has 0 unspecified atom stereocenters. The van der Waals surface area contributed by atoms with Gasteiger partial charge in [-0.2, -0.15) is 0 Å². The first-order chi connectivity index (χ1) is 11.6. The molecule has 0 saturated heterocycles. The molecule has 1 aliphatic carbocycles. The van der Waals surface area contributed by atoms with E-state index in [4.69, 9.17) is 10.5 Å². The van der Waals surface area contributed by atoms with Gasteiger partial charge in [0.05, 0.1) is 0 Å². The Morgan fingerprint density at radius 1 is 1.24 bits per heavy atom. The molecule has 2 amide bonds. The molecule has 1 aliphatic rings. The molecular formula is C17H27ClN3O4+. The summed E-state index contributed by atoms with van der Waals surface area (Å²) < 4.78 is 5.21. The third kappa shape index (κ3) is 6.80. The van der Waals surface area contributed by atoms with Crippen molar-refractivity contribution in [2.45, 2.75) is 44.4 Å². The first kappa shape index (κ1) is 21.1. The van der Waals surface area contributed by atoms with Gasteiger partial charge in [-0.3, -0.25) is 0 Å². The molecule has 25 heavy (non-hydrogen) atoms. The molecular weight excluding hydrogens is 346 g/mol. The first-order valence-electron chi connectivity index (χ1n) is 8.27. The van der Waals surface area contributed by atoms with E-state index in [1.54, 1.807) is 0 Å². The van der Waals surface area contributed by atoms with Crippen LogP contribution in [-0.4, -0.2) is 47.4 Å². The van der Waals surface area contributed by atoms with Crippen LogP contribution in [0.25, 0.3) is 0 Å². The van der Waals surface area contributed by atoms with Crippen LogP contribution in [0.5, 0.6) is 0 Å². The summed E-state index contributed by atoms with van der Waals surface area (Å²) in [6, 6.07) is 9.50. The third-order valence-electron chi connectivity index (χ3n) is 4.29. The molecule has 0 atom stereocenters. The molecule has 0 heterocycles. The van der Waals surface area contributed by atoms with Gasteiger partial charge in [-0.1, -0.05) is 30.3 Å². The van der Waals surface area contributed by atoms with Gasteiger partial charge in [-0.25, -0.2) is 9.59 Å². The minimum Gasteiger partial charge on any atom is -0.465 e. The Balaban J connectivity index is 0.00000312. The molecule has 0 aliphatic heterocycles. The second-order valence-corrected chi connectivity index (χ2v) is 5.98. The molecule has 7 nitrogen and oxygen atoms in total. The summed E-state index contributed by atoms with van der Waals surface area (Å²) in [6.07, 6.45) is 1.54. The Morgan fingerprint density at radius 2 is 1.88 bits per heavy atom. The fourth-order valence-corrected chi connectivity index (χ4v) is 3.04. The van der Waals surface area contributed by atoms with Crippen molar-refractivity contribution >= 4 is 24.6 Å². The molecule has 1 aromatic rings. The second kappa shape index (κ2) is 10.8. The zero-order valence-electron chi connectivity index (χ0n) is 15.1. The van der Waals surface area contributed by atoms with E-state index in [0.29, 0.717) is 13.1 Å². The molecule has 140 valence electrons. The smallest absolute Gasteiger partial charge is 0.465 e. The minimum atomic E-state index is -0.931. The SMILES string of the molecule is Cl.NCCN(C(=O)O)C1CCC(NC(=O)OCc2ccccc2)CC1.[H+]. The van der Waals surface area contributed by atoms with E-state index in [-0.39, 0.29) is 32.5 Å². The van der Waals surface area contributed by atoms with E-state index in [0.717, 1.165) is 31.2 Å². The topological polar surface area (TPSA) is 105 Å². The number of carbonyl (C=O) groups excluding carboxylic acids is 1. The number of halogens is 1. The van der Waals surface area contributed by atoms with Gasteiger partial charge < -0.3 is 25.8 Å². The molecule has 8 heteroatoms. The van der Waals surface area contributed by atoms with Crippen molar-refractivity contribution in [3.8, 4) is 0 Å². The number of carboxylic acid groups (broad SMARTS) is 1. The van der Waals surface area contributed by atoms with E-state index in [1.165, 1.54) is 4.90 Å². The lowest BCUT2D eigenvalue weighted by Gasteiger charge is -2.35. The quantitative estimate of drug-likeness (QED) is 0.712. The molecule has 1 aromatic carbocycles. The Hall–Kier alpha value is -1.99. The van der Waals surface area contributed by atoms with Crippen LogP contribution in [0.2, 0.25) is 0 Å². The normalized spacial score (nSPS) is 19.4. The average Bonchev–Trinajstić information content (AvgIpc) is 2.59. The maximum Gasteiger partial charge on any atom is 1.00 e. The molecule has 1 saturated carbocycles. The number of benzene rings is 1. The van der Waals surface area contributed by atoms with Crippen LogP contribution in [0.1, 0.15) is 32.7 Å². The molecule has 0 aromatic heterocycles. The number of rotatable bonds is 6. The number of hydrogen-bond acceptors (Lipinski definition) is 4. The van der Waals surface area contributed by atoms with Crippen molar-refractivity contribution in [3.63, 3.8) is 0 Å². The standard InChI is InChI=1S/C17H25N3O4.ClH/c18-10-11-20(17(22)23)15-8-6-14(7-9-15)19-16(21)24-12-13-4-2-1-3-5-13;/h1-5,14-15H,6-12,18H2,(H,19,21)(H,22,23);1H/p+1. The van der Waals surface area contributed by atoms with Gasteiger partial charge in [0.2, 0.25) is 0 Å². The number of nitrogens with one attached hydrogen (secondary N) is 1. The lowest BCUT2D eigenvalue weighted by Crippen LogP contribution is -2.47. The molecule has 2 rings (SSSR count). The van der Waals surface area contributed by atoms with Crippen LogP contribution in [0.4, 0.5) is 9.59 Å². The van der Waals surface area contributed by atoms with Crippen molar-refractivity contribution in [1.29, 1.82) is 0 Å². The zero-order valence-corrected chi connectivity index (χ0v) is 14.9. The van der Waals surface area contributed by atoms with Gasteiger partial charge in [0.15, 0.2) is 0 Å². The molecule has 4 N–H and O–H groups in total. The van der Waals surface area contributed by atoms with Crippen molar-refractivity contribution in [2.75, 3.05) is 13.1 Å². The van der Waals surface area contributed by atoms with Gasteiger partial charge in [-0.15, -0.1) is 12.4 Å². The highest BCUT2D eigenvalue weighted by atomic mass is 35.5.